The fourth-order valence-electron chi connectivity index (χ4n) is 6.33. The van der Waals surface area contributed by atoms with Crippen LogP contribution in [0.4, 0.5) is 0 Å². The standard InChI is InChI=1S/C43H82O4/c1-3-5-7-9-11-13-15-17-19-21-23-25-27-29-31-33-37-44-40-42(47-43-36-35-39-46-43)41-45-38-34-32-30-28-26-24-22-20-18-16-14-12-10-8-6-4-2/h17-20,42-43H,3-16,21-41H2,1-2H3/b19-17-,20-18-. The van der Waals surface area contributed by atoms with Crippen LogP contribution in [0.3, 0.4) is 0 Å². The van der Waals surface area contributed by atoms with Gasteiger partial charge >= 0.3 is 0 Å². The highest BCUT2D eigenvalue weighted by molar-refractivity contribution is 4.82. The molecular weight excluding hydrogens is 580 g/mol. The minimum Gasteiger partial charge on any atom is -0.379 e. The third-order valence-corrected chi connectivity index (χ3v) is 9.44. The fourth-order valence-corrected chi connectivity index (χ4v) is 6.33. The lowest BCUT2D eigenvalue weighted by Crippen LogP contribution is -2.30. The molecule has 1 fully saturated rings. The summed E-state index contributed by atoms with van der Waals surface area (Å²) in [5.74, 6) is 0. The molecule has 0 aliphatic carbocycles. The van der Waals surface area contributed by atoms with Crippen LogP contribution in [-0.2, 0) is 18.9 Å². The topological polar surface area (TPSA) is 36.9 Å². The molecule has 1 atom stereocenters. The molecule has 1 aliphatic rings. The Hall–Kier alpha value is -0.680. The maximum atomic E-state index is 6.19. The Kier molecular flexibility index (Phi) is 36.0. The predicted molar refractivity (Wildman–Crippen MR) is 204 cm³/mol. The third-order valence-electron chi connectivity index (χ3n) is 9.44. The molecule has 1 aliphatic heterocycles. The van der Waals surface area contributed by atoms with Crippen molar-refractivity contribution in [3.63, 3.8) is 0 Å². The van der Waals surface area contributed by atoms with E-state index in [1.807, 2.05) is 0 Å². The quantitative estimate of drug-likeness (QED) is 0.0487. The van der Waals surface area contributed by atoms with Crippen LogP contribution in [0.2, 0.25) is 0 Å². The highest BCUT2D eigenvalue weighted by Crippen LogP contribution is 2.17. The summed E-state index contributed by atoms with van der Waals surface area (Å²) in [7, 11) is 0. The average molecular weight is 663 g/mol. The van der Waals surface area contributed by atoms with Gasteiger partial charge in [-0.3, -0.25) is 0 Å². The lowest BCUT2D eigenvalue weighted by molar-refractivity contribution is -0.173. The van der Waals surface area contributed by atoms with Crippen LogP contribution in [0.15, 0.2) is 24.3 Å². The Balaban J connectivity index is 1.93. The van der Waals surface area contributed by atoms with Gasteiger partial charge < -0.3 is 18.9 Å². The number of rotatable bonds is 38. The molecule has 0 N–H and O–H groups in total. The molecular formula is C43H82O4. The number of unbranched alkanes of at least 4 members (excludes halogenated alkanes) is 24. The van der Waals surface area contributed by atoms with Crippen LogP contribution >= 0.6 is 0 Å². The molecule has 0 amide bonds. The largest absolute Gasteiger partial charge is 0.379 e. The van der Waals surface area contributed by atoms with Crippen molar-refractivity contribution in [2.45, 2.75) is 219 Å². The van der Waals surface area contributed by atoms with Crippen LogP contribution < -0.4 is 0 Å². The second-order valence-electron chi connectivity index (χ2n) is 14.2. The van der Waals surface area contributed by atoms with E-state index >= 15 is 0 Å². The molecule has 0 saturated carbocycles. The molecule has 278 valence electrons. The van der Waals surface area contributed by atoms with Gasteiger partial charge in [-0.2, -0.15) is 0 Å². The second kappa shape index (κ2) is 38.1. The van der Waals surface area contributed by atoms with E-state index < -0.39 is 0 Å². The molecule has 1 unspecified atom stereocenters. The van der Waals surface area contributed by atoms with Crippen LogP contribution in [-0.4, -0.2) is 45.4 Å². The first-order chi connectivity index (χ1) is 23.4. The molecule has 4 heteroatoms. The van der Waals surface area contributed by atoms with Gasteiger partial charge in [-0.1, -0.05) is 154 Å². The van der Waals surface area contributed by atoms with Crippen LogP contribution in [0.25, 0.3) is 0 Å². The van der Waals surface area contributed by atoms with E-state index in [2.05, 4.69) is 38.2 Å². The van der Waals surface area contributed by atoms with Crippen molar-refractivity contribution in [1.82, 2.24) is 0 Å². The molecule has 0 aromatic carbocycles. The molecule has 1 saturated heterocycles. The molecule has 1 heterocycles. The summed E-state index contributed by atoms with van der Waals surface area (Å²) < 4.78 is 24.0. The monoisotopic (exact) mass is 663 g/mol. The van der Waals surface area contributed by atoms with Crippen molar-refractivity contribution in [2.24, 2.45) is 0 Å². The smallest absolute Gasteiger partial charge is 0.158 e. The van der Waals surface area contributed by atoms with Crippen molar-refractivity contribution in [1.29, 1.82) is 0 Å². The van der Waals surface area contributed by atoms with Gasteiger partial charge in [-0.15, -0.1) is 0 Å². The van der Waals surface area contributed by atoms with Gasteiger partial charge in [0, 0.05) is 26.2 Å². The van der Waals surface area contributed by atoms with Crippen LogP contribution in [0.1, 0.15) is 206 Å². The van der Waals surface area contributed by atoms with Crippen molar-refractivity contribution >= 4 is 0 Å². The van der Waals surface area contributed by atoms with Crippen molar-refractivity contribution in [2.75, 3.05) is 33.0 Å². The second-order valence-corrected chi connectivity index (χ2v) is 14.2. The van der Waals surface area contributed by atoms with Gasteiger partial charge in [-0.05, 0) is 70.6 Å². The molecule has 0 spiro atoms. The predicted octanol–water partition coefficient (Wildman–Crippen LogP) is 13.6. The minimum absolute atomic E-state index is 0.0266. The average Bonchev–Trinajstić information content (AvgIpc) is 3.60. The molecule has 4 nitrogen and oxygen atoms in total. The minimum atomic E-state index is -0.0806. The summed E-state index contributed by atoms with van der Waals surface area (Å²) in [6.45, 7) is 8.24. The van der Waals surface area contributed by atoms with Gasteiger partial charge in [0.1, 0.15) is 6.10 Å². The van der Waals surface area contributed by atoms with Gasteiger partial charge in [0.25, 0.3) is 0 Å². The summed E-state index contributed by atoms with van der Waals surface area (Å²) in [5, 5.41) is 0. The zero-order valence-electron chi connectivity index (χ0n) is 31.8. The maximum absolute atomic E-state index is 6.19. The first-order valence-electron chi connectivity index (χ1n) is 21.1. The van der Waals surface area contributed by atoms with E-state index in [0.29, 0.717) is 13.2 Å². The lowest BCUT2D eigenvalue weighted by Gasteiger charge is -2.22. The molecule has 47 heavy (non-hydrogen) atoms. The summed E-state index contributed by atoms with van der Waals surface area (Å²) in [6, 6.07) is 0. The van der Waals surface area contributed by atoms with Crippen LogP contribution in [0.5, 0.6) is 0 Å². The van der Waals surface area contributed by atoms with E-state index in [4.69, 9.17) is 18.9 Å². The highest BCUT2D eigenvalue weighted by atomic mass is 16.7. The summed E-state index contributed by atoms with van der Waals surface area (Å²) in [5.41, 5.74) is 0. The zero-order valence-corrected chi connectivity index (χ0v) is 31.8. The zero-order chi connectivity index (χ0) is 33.6. The maximum Gasteiger partial charge on any atom is 0.158 e. The lowest BCUT2D eigenvalue weighted by atomic mass is 10.1. The first kappa shape index (κ1) is 44.3. The third kappa shape index (κ3) is 33.6. The summed E-state index contributed by atoms with van der Waals surface area (Å²) >= 11 is 0. The Morgan fingerprint density at radius 1 is 0.489 bits per heavy atom. The molecule has 0 aromatic heterocycles. The van der Waals surface area contributed by atoms with Crippen molar-refractivity contribution in [3.8, 4) is 0 Å². The number of ether oxygens (including phenoxy) is 4. The normalized spacial score (nSPS) is 15.3. The van der Waals surface area contributed by atoms with Crippen LogP contribution in [0, 0.1) is 0 Å². The molecule has 0 bridgehead atoms. The number of hydrogen-bond donors (Lipinski definition) is 0. The first-order valence-corrected chi connectivity index (χ1v) is 21.1. The Morgan fingerprint density at radius 3 is 1.21 bits per heavy atom. The SMILES string of the molecule is CCCCCCCC/C=C\CCCCCCCCOCC(COCCCCCCCC/C=C\CCCCCCCC)OC1CCCO1. The van der Waals surface area contributed by atoms with E-state index in [1.54, 1.807) is 0 Å². The van der Waals surface area contributed by atoms with Gasteiger partial charge in [0.2, 0.25) is 0 Å². The number of hydrogen-bond acceptors (Lipinski definition) is 4. The van der Waals surface area contributed by atoms with Gasteiger partial charge in [0.15, 0.2) is 6.29 Å². The Bertz CT molecular complexity index is 596. The number of allylic oxidation sites excluding steroid dienone is 4. The Labute approximate surface area is 294 Å². The van der Waals surface area contributed by atoms with Gasteiger partial charge in [0.05, 0.1) is 13.2 Å². The fraction of sp³-hybridized carbons (Fsp3) is 0.907. The van der Waals surface area contributed by atoms with E-state index in [0.717, 1.165) is 45.5 Å². The molecule has 0 aromatic rings. The molecule has 0 radical (unpaired) electrons. The Morgan fingerprint density at radius 2 is 0.851 bits per heavy atom. The highest BCUT2D eigenvalue weighted by Gasteiger charge is 2.21. The summed E-state index contributed by atoms with van der Waals surface area (Å²) in [4.78, 5) is 0. The van der Waals surface area contributed by atoms with E-state index in [-0.39, 0.29) is 12.4 Å². The van der Waals surface area contributed by atoms with E-state index in [9.17, 15) is 0 Å². The van der Waals surface area contributed by atoms with Gasteiger partial charge in [-0.25, -0.2) is 0 Å². The van der Waals surface area contributed by atoms with Crippen molar-refractivity contribution in [3.05, 3.63) is 24.3 Å². The summed E-state index contributed by atoms with van der Waals surface area (Å²) in [6.07, 6.45) is 48.9. The van der Waals surface area contributed by atoms with E-state index in [1.165, 1.54) is 167 Å². The molecule has 1 rings (SSSR count). The van der Waals surface area contributed by atoms with Crippen molar-refractivity contribution < 1.29 is 18.9 Å².